The lowest BCUT2D eigenvalue weighted by molar-refractivity contribution is -0.686. The summed E-state index contributed by atoms with van der Waals surface area (Å²) >= 11 is 0. The highest BCUT2D eigenvalue weighted by Crippen LogP contribution is 2.42. The van der Waals surface area contributed by atoms with Crippen molar-refractivity contribution in [3.05, 3.63) is 84.1 Å². The summed E-state index contributed by atoms with van der Waals surface area (Å²) in [6.07, 6.45) is 2.98. The number of aryl methyl sites for hydroxylation is 2. The number of aromatic nitrogens is 1. The Morgan fingerprint density at radius 2 is 1.67 bits per heavy atom. The number of ether oxygens (including phenoxy) is 3. The SMILES string of the molecule is COc1cc(CN2CCN(c3ccc4ccccc4c3)CC2)c2cc3[n+](cc2c1O)CCc1cc2c(cc1-3)OCO2.[Cl-]. The maximum Gasteiger partial charge on any atom is 0.231 e. The number of fused-ring (bicyclic) bond motifs is 6. The first kappa shape index (κ1) is 26.7. The summed E-state index contributed by atoms with van der Waals surface area (Å²) in [5.41, 5.74) is 5.99. The molecule has 8 rings (SSSR count). The van der Waals surface area contributed by atoms with Crippen LogP contribution in [0.4, 0.5) is 5.69 Å². The van der Waals surface area contributed by atoms with Crippen molar-refractivity contribution < 1.29 is 36.3 Å². The second kappa shape index (κ2) is 10.6. The standard InChI is InChI=1S/C34H31N3O4.ClH/c1-39-33-16-25(19-35-10-12-36(13-11-35)26-7-6-22-4-2-3-5-23(22)14-26)27-17-30-28-18-32-31(40-21-41-32)15-24(28)8-9-37(30)20-29(27)34(33)38;/h2-7,14-18,20H,8-13,19,21H2,1H3;1H. The number of methoxy groups -OCH3 is 1. The molecule has 3 aliphatic heterocycles. The van der Waals surface area contributed by atoms with E-state index in [1.807, 2.05) is 6.07 Å². The van der Waals surface area contributed by atoms with Crippen LogP contribution in [0.25, 0.3) is 32.8 Å². The quantitative estimate of drug-likeness (QED) is 0.329. The molecule has 0 amide bonds. The van der Waals surface area contributed by atoms with E-state index in [1.54, 1.807) is 7.11 Å². The number of aromatic hydroxyl groups is 1. The first-order chi connectivity index (χ1) is 20.1. The number of rotatable bonds is 4. The number of pyridine rings is 1. The normalized spacial score (nSPS) is 15.8. The van der Waals surface area contributed by atoms with E-state index in [4.69, 9.17) is 14.2 Å². The number of anilines is 1. The van der Waals surface area contributed by atoms with Crippen LogP contribution in [0.3, 0.4) is 0 Å². The topological polar surface area (TPSA) is 58.3 Å². The Kier molecular flexibility index (Phi) is 6.72. The molecule has 0 aliphatic carbocycles. The van der Waals surface area contributed by atoms with E-state index in [9.17, 15) is 5.11 Å². The predicted octanol–water partition coefficient (Wildman–Crippen LogP) is 2.27. The molecule has 0 atom stereocenters. The molecule has 0 radical (unpaired) electrons. The van der Waals surface area contributed by atoms with E-state index >= 15 is 0 Å². The molecule has 3 aliphatic rings. The van der Waals surface area contributed by atoms with Gasteiger partial charge in [-0.25, -0.2) is 0 Å². The van der Waals surface area contributed by atoms with Crippen molar-refractivity contribution in [3.63, 3.8) is 0 Å². The highest BCUT2D eigenvalue weighted by atomic mass is 35.5. The second-order valence-electron chi connectivity index (χ2n) is 11.2. The minimum Gasteiger partial charge on any atom is -1.00 e. The van der Waals surface area contributed by atoms with Gasteiger partial charge >= 0.3 is 0 Å². The average Bonchev–Trinajstić information content (AvgIpc) is 3.48. The molecule has 5 aromatic rings. The minimum absolute atomic E-state index is 0. The van der Waals surface area contributed by atoms with Gasteiger partial charge in [0.05, 0.1) is 18.1 Å². The zero-order chi connectivity index (χ0) is 27.5. The molecule has 0 bridgehead atoms. The summed E-state index contributed by atoms with van der Waals surface area (Å²) < 4.78 is 19.2. The molecular weight excluding hydrogens is 550 g/mol. The van der Waals surface area contributed by atoms with Gasteiger partial charge in [0.15, 0.2) is 35.7 Å². The summed E-state index contributed by atoms with van der Waals surface area (Å²) in [6, 6.07) is 23.7. The summed E-state index contributed by atoms with van der Waals surface area (Å²) in [6.45, 7) is 5.75. The van der Waals surface area contributed by atoms with Crippen LogP contribution in [0, 0.1) is 0 Å². The molecule has 42 heavy (non-hydrogen) atoms. The van der Waals surface area contributed by atoms with Crippen molar-refractivity contribution >= 4 is 27.2 Å². The fourth-order valence-corrected chi connectivity index (χ4v) is 6.64. The lowest BCUT2D eigenvalue weighted by Crippen LogP contribution is -3.00. The zero-order valence-corrected chi connectivity index (χ0v) is 24.2. The Balaban J connectivity index is 0.00000288. The van der Waals surface area contributed by atoms with Gasteiger partial charge in [-0.3, -0.25) is 4.90 Å². The molecule has 0 saturated carbocycles. The zero-order valence-electron chi connectivity index (χ0n) is 23.5. The molecule has 1 aromatic heterocycles. The maximum absolute atomic E-state index is 11.1. The Morgan fingerprint density at radius 3 is 2.48 bits per heavy atom. The number of phenolic OH excluding ortho intramolecular Hbond substituents is 1. The molecule has 1 N–H and O–H groups in total. The van der Waals surface area contributed by atoms with Crippen LogP contribution >= 0.6 is 0 Å². The van der Waals surface area contributed by atoms with Gasteiger partial charge in [0.2, 0.25) is 12.5 Å². The van der Waals surface area contributed by atoms with Gasteiger partial charge in [-0.15, -0.1) is 0 Å². The Labute approximate surface area is 250 Å². The average molecular weight is 582 g/mol. The molecule has 1 saturated heterocycles. The maximum atomic E-state index is 11.1. The van der Waals surface area contributed by atoms with E-state index in [0.717, 1.165) is 84.8 Å². The van der Waals surface area contributed by atoms with E-state index in [1.165, 1.54) is 22.0 Å². The van der Waals surface area contributed by atoms with Gasteiger partial charge < -0.3 is 36.6 Å². The number of hydrogen-bond donors (Lipinski definition) is 1. The predicted molar refractivity (Wildman–Crippen MR) is 159 cm³/mol. The van der Waals surface area contributed by atoms with Crippen LogP contribution in [-0.2, 0) is 19.5 Å². The van der Waals surface area contributed by atoms with E-state index in [2.05, 4.69) is 81.2 Å². The van der Waals surface area contributed by atoms with Crippen LogP contribution in [0.15, 0.2) is 72.9 Å². The second-order valence-corrected chi connectivity index (χ2v) is 11.2. The number of piperazine rings is 1. The summed E-state index contributed by atoms with van der Waals surface area (Å²) in [5.74, 6) is 2.32. The van der Waals surface area contributed by atoms with Gasteiger partial charge in [0.25, 0.3) is 0 Å². The molecule has 7 nitrogen and oxygen atoms in total. The highest BCUT2D eigenvalue weighted by molar-refractivity contribution is 5.94. The fourth-order valence-electron chi connectivity index (χ4n) is 6.64. The lowest BCUT2D eigenvalue weighted by atomic mass is 9.94. The van der Waals surface area contributed by atoms with E-state index in [-0.39, 0.29) is 24.9 Å². The van der Waals surface area contributed by atoms with Gasteiger partial charge in [0, 0.05) is 56.3 Å². The van der Waals surface area contributed by atoms with Crippen LogP contribution < -0.4 is 36.1 Å². The largest absolute Gasteiger partial charge is 1.00 e. The van der Waals surface area contributed by atoms with E-state index in [0.29, 0.717) is 5.75 Å². The highest BCUT2D eigenvalue weighted by Gasteiger charge is 2.30. The Bertz CT molecular complexity index is 1830. The molecule has 4 heterocycles. The molecule has 1 fully saturated rings. The number of benzene rings is 4. The molecule has 8 heteroatoms. The summed E-state index contributed by atoms with van der Waals surface area (Å²) in [7, 11) is 1.62. The van der Waals surface area contributed by atoms with Crippen LogP contribution in [0.2, 0.25) is 0 Å². The first-order valence-electron chi connectivity index (χ1n) is 14.3. The van der Waals surface area contributed by atoms with Crippen molar-refractivity contribution in [3.8, 4) is 34.3 Å². The lowest BCUT2D eigenvalue weighted by Gasteiger charge is -2.36. The van der Waals surface area contributed by atoms with Crippen molar-refractivity contribution in [1.29, 1.82) is 0 Å². The molecule has 4 aromatic carbocycles. The molecule has 0 spiro atoms. The summed E-state index contributed by atoms with van der Waals surface area (Å²) in [5, 5.41) is 15.6. The number of phenols is 1. The van der Waals surface area contributed by atoms with Crippen LogP contribution in [-0.4, -0.2) is 50.1 Å². The van der Waals surface area contributed by atoms with Crippen molar-refractivity contribution in [2.24, 2.45) is 0 Å². The van der Waals surface area contributed by atoms with E-state index < -0.39 is 0 Å². The minimum atomic E-state index is 0. The smallest absolute Gasteiger partial charge is 0.231 e. The third-order valence-electron chi connectivity index (χ3n) is 8.89. The van der Waals surface area contributed by atoms with Gasteiger partial charge in [-0.05, 0) is 52.2 Å². The van der Waals surface area contributed by atoms with Crippen LogP contribution in [0.1, 0.15) is 11.1 Å². The van der Waals surface area contributed by atoms with Crippen molar-refractivity contribution in [2.75, 3.05) is 45.0 Å². The number of halogens is 1. The molecule has 0 unspecified atom stereocenters. The van der Waals surface area contributed by atoms with Crippen molar-refractivity contribution in [1.82, 2.24) is 4.90 Å². The Hall–Kier alpha value is -4.20. The van der Waals surface area contributed by atoms with Gasteiger partial charge in [0.1, 0.15) is 0 Å². The number of nitrogens with zero attached hydrogens (tertiary/aromatic N) is 3. The molecular formula is C34H32ClN3O4. The van der Waals surface area contributed by atoms with Crippen LogP contribution in [0.5, 0.6) is 23.0 Å². The molecule has 214 valence electrons. The van der Waals surface area contributed by atoms with Gasteiger partial charge in [-0.1, -0.05) is 30.3 Å². The monoisotopic (exact) mass is 581 g/mol. The summed E-state index contributed by atoms with van der Waals surface area (Å²) in [4.78, 5) is 4.98. The third kappa shape index (κ3) is 4.44. The third-order valence-corrected chi connectivity index (χ3v) is 8.89. The fraction of sp³-hybridized carbons (Fsp3) is 0.265. The Morgan fingerprint density at radius 1 is 0.881 bits per heavy atom. The first-order valence-corrected chi connectivity index (χ1v) is 14.3. The number of hydrogen-bond acceptors (Lipinski definition) is 6. The van der Waals surface area contributed by atoms with Gasteiger partial charge in [-0.2, -0.15) is 4.57 Å². The van der Waals surface area contributed by atoms with Crippen molar-refractivity contribution in [2.45, 2.75) is 19.5 Å².